The molecule has 22 heavy (non-hydrogen) atoms. The van der Waals surface area contributed by atoms with Gasteiger partial charge in [-0.1, -0.05) is 6.07 Å². The molecule has 1 amide bonds. The summed E-state index contributed by atoms with van der Waals surface area (Å²) in [5, 5.41) is 19.7. The summed E-state index contributed by atoms with van der Waals surface area (Å²) in [6.07, 6.45) is 2.69. The Hall–Kier alpha value is -2.54. The molecule has 0 bridgehead atoms. The van der Waals surface area contributed by atoms with Crippen LogP contribution in [0, 0.1) is 0 Å². The Labute approximate surface area is 128 Å². The van der Waals surface area contributed by atoms with Crippen molar-refractivity contribution < 1.29 is 29.3 Å². The number of aliphatic hydroxyl groups excluding tert-OH is 1. The van der Waals surface area contributed by atoms with E-state index in [1.807, 2.05) is 6.92 Å². The summed E-state index contributed by atoms with van der Waals surface area (Å²) in [5.74, 6) is -0.790. The van der Waals surface area contributed by atoms with E-state index in [-0.39, 0.29) is 0 Å². The third-order valence-electron chi connectivity index (χ3n) is 2.71. The standard InChI is InChI=1S/C15H19NO6/c1-3-22-12-6-4-10(8-13(12)21-2)5-7-14(18)16-11(9-17)15(19)20/h4-8,11,17H,3,9H2,1-2H3,(H,16,18)(H,19,20)/b7-5+. The molecule has 1 aromatic rings. The van der Waals surface area contributed by atoms with Gasteiger partial charge in [0.05, 0.1) is 20.3 Å². The molecule has 0 fully saturated rings. The van der Waals surface area contributed by atoms with Gasteiger partial charge in [0.25, 0.3) is 0 Å². The molecule has 0 radical (unpaired) electrons. The molecule has 0 aliphatic heterocycles. The lowest BCUT2D eigenvalue weighted by Crippen LogP contribution is -2.42. The Balaban J connectivity index is 2.77. The predicted molar refractivity (Wildman–Crippen MR) is 79.8 cm³/mol. The summed E-state index contributed by atoms with van der Waals surface area (Å²) in [5.41, 5.74) is 0.686. The lowest BCUT2D eigenvalue weighted by Gasteiger charge is -2.10. The Morgan fingerprint density at radius 3 is 2.64 bits per heavy atom. The van der Waals surface area contributed by atoms with Gasteiger partial charge in [0.2, 0.25) is 5.91 Å². The summed E-state index contributed by atoms with van der Waals surface area (Å²) in [6.45, 7) is 1.69. The SMILES string of the molecule is CCOc1ccc(/C=C/C(=O)NC(CO)C(=O)O)cc1OC. The number of amides is 1. The average Bonchev–Trinajstić information content (AvgIpc) is 2.51. The van der Waals surface area contributed by atoms with Gasteiger partial charge in [0.1, 0.15) is 0 Å². The van der Waals surface area contributed by atoms with Crippen molar-refractivity contribution in [2.45, 2.75) is 13.0 Å². The summed E-state index contributed by atoms with van der Waals surface area (Å²) in [4.78, 5) is 22.3. The number of hydrogen-bond donors (Lipinski definition) is 3. The first-order valence-corrected chi connectivity index (χ1v) is 6.64. The Morgan fingerprint density at radius 2 is 2.09 bits per heavy atom. The second kappa shape index (κ2) is 8.68. The third kappa shape index (κ3) is 5.10. The maximum absolute atomic E-state index is 11.6. The maximum atomic E-state index is 11.6. The van der Waals surface area contributed by atoms with E-state index in [4.69, 9.17) is 19.7 Å². The number of carboxylic acids is 1. The number of nitrogens with one attached hydrogen (secondary N) is 1. The first-order chi connectivity index (χ1) is 10.5. The Morgan fingerprint density at radius 1 is 1.36 bits per heavy atom. The first kappa shape index (κ1) is 17.5. The van der Waals surface area contributed by atoms with Crippen LogP contribution in [0.4, 0.5) is 0 Å². The molecule has 7 heteroatoms. The van der Waals surface area contributed by atoms with Crippen molar-refractivity contribution in [3.63, 3.8) is 0 Å². The normalized spacial score (nSPS) is 12.0. The minimum atomic E-state index is -1.33. The highest BCUT2D eigenvalue weighted by Crippen LogP contribution is 2.28. The molecule has 0 aliphatic carbocycles. The van der Waals surface area contributed by atoms with Crippen LogP contribution in [0.5, 0.6) is 11.5 Å². The van der Waals surface area contributed by atoms with Crippen LogP contribution in [0.25, 0.3) is 6.08 Å². The zero-order valence-electron chi connectivity index (χ0n) is 12.4. The van der Waals surface area contributed by atoms with Crippen molar-refractivity contribution in [1.82, 2.24) is 5.32 Å². The van der Waals surface area contributed by atoms with Gasteiger partial charge in [-0.25, -0.2) is 4.79 Å². The van der Waals surface area contributed by atoms with E-state index in [1.165, 1.54) is 19.3 Å². The van der Waals surface area contributed by atoms with Crippen LogP contribution in [0.2, 0.25) is 0 Å². The fourth-order valence-corrected chi connectivity index (χ4v) is 1.64. The highest BCUT2D eigenvalue weighted by Gasteiger charge is 2.17. The lowest BCUT2D eigenvalue weighted by atomic mass is 10.2. The molecule has 0 saturated carbocycles. The molecule has 0 spiro atoms. The van der Waals surface area contributed by atoms with Gasteiger partial charge in [-0.15, -0.1) is 0 Å². The molecule has 1 aromatic carbocycles. The molecule has 120 valence electrons. The monoisotopic (exact) mass is 309 g/mol. The summed E-state index contributed by atoms with van der Waals surface area (Å²) in [7, 11) is 1.51. The summed E-state index contributed by atoms with van der Waals surface area (Å²) in [6, 6.07) is 3.81. The van der Waals surface area contributed by atoms with Crippen molar-refractivity contribution in [2.75, 3.05) is 20.3 Å². The fraction of sp³-hybridized carbons (Fsp3) is 0.333. The average molecular weight is 309 g/mol. The van der Waals surface area contributed by atoms with E-state index in [0.29, 0.717) is 23.7 Å². The van der Waals surface area contributed by atoms with E-state index >= 15 is 0 Å². The largest absolute Gasteiger partial charge is 0.493 e. The first-order valence-electron chi connectivity index (χ1n) is 6.64. The predicted octanol–water partition coefficient (Wildman–Crippen LogP) is 0.669. The highest BCUT2D eigenvalue weighted by atomic mass is 16.5. The fourth-order valence-electron chi connectivity index (χ4n) is 1.64. The molecular formula is C15H19NO6. The van der Waals surface area contributed by atoms with Crippen molar-refractivity contribution in [3.8, 4) is 11.5 Å². The van der Waals surface area contributed by atoms with Crippen LogP contribution in [0.3, 0.4) is 0 Å². The number of carbonyl (C=O) groups excluding carboxylic acids is 1. The molecule has 1 rings (SSSR count). The van der Waals surface area contributed by atoms with Crippen LogP contribution in [0.15, 0.2) is 24.3 Å². The van der Waals surface area contributed by atoms with Crippen LogP contribution in [0.1, 0.15) is 12.5 Å². The molecule has 0 heterocycles. The second-order valence-corrected chi connectivity index (χ2v) is 4.26. The molecule has 0 aromatic heterocycles. The van der Waals surface area contributed by atoms with Crippen LogP contribution >= 0.6 is 0 Å². The Kier molecular flexibility index (Phi) is 6.91. The van der Waals surface area contributed by atoms with E-state index in [2.05, 4.69) is 5.32 Å². The second-order valence-electron chi connectivity index (χ2n) is 4.26. The number of carbonyl (C=O) groups is 2. The molecule has 7 nitrogen and oxygen atoms in total. The van der Waals surface area contributed by atoms with Gasteiger partial charge in [-0.05, 0) is 30.7 Å². The number of hydrogen-bond acceptors (Lipinski definition) is 5. The number of aliphatic hydroxyl groups is 1. The van der Waals surface area contributed by atoms with Crippen LogP contribution in [-0.2, 0) is 9.59 Å². The third-order valence-corrected chi connectivity index (χ3v) is 2.71. The summed E-state index contributed by atoms with van der Waals surface area (Å²) >= 11 is 0. The molecule has 1 atom stereocenters. The summed E-state index contributed by atoms with van der Waals surface area (Å²) < 4.78 is 10.6. The van der Waals surface area contributed by atoms with Gasteiger partial charge < -0.3 is 25.0 Å². The van der Waals surface area contributed by atoms with Crippen molar-refractivity contribution in [2.24, 2.45) is 0 Å². The number of rotatable bonds is 8. The topological polar surface area (TPSA) is 105 Å². The number of aliphatic carboxylic acids is 1. The van der Waals surface area contributed by atoms with Crippen molar-refractivity contribution >= 4 is 18.0 Å². The van der Waals surface area contributed by atoms with Crippen molar-refractivity contribution in [3.05, 3.63) is 29.8 Å². The van der Waals surface area contributed by atoms with E-state index < -0.39 is 24.5 Å². The minimum Gasteiger partial charge on any atom is -0.493 e. The minimum absolute atomic E-state index is 0.506. The van der Waals surface area contributed by atoms with Crippen LogP contribution < -0.4 is 14.8 Å². The molecular weight excluding hydrogens is 290 g/mol. The maximum Gasteiger partial charge on any atom is 0.328 e. The molecule has 0 saturated heterocycles. The van der Waals surface area contributed by atoms with E-state index in [0.717, 1.165) is 0 Å². The quantitative estimate of drug-likeness (QED) is 0.610. The smallest absolute Gasteiger partial charge is 0.328 e. The zero-order chi connectivity index (χ0) is 16.5. The lowest BCUT2D eigenvalue weighted by molar-refractivity contribution is -0.142. The van der Waals surface area contributed by atoms with Gasteiger partial charge in [-0.2, -0.15) is 0 Å². The molecule has 0 aliphatic rings. The number of carboxylic acid groups (broad SMARTS) is 1. The van der Waals surface area contributed by atoms with E-state index in [1.54, 1.807) is 18.2 Å². The number of ether oxygens (including phenoxy) is 2. The number of benzene rings is 1. The van der Waals surface area contributed by atoms with E-state index in [9.17, 15) is 9.59 Å². The molecule has 3 N–H and O–H groups in total. The van der Waals surface area contributed by atoms with Gasteiger partial charge in [-0.3, -0.25) is 4.79 Å². The van der Waals surface area contributed by atoms with Gasteiger partial charge in [0.15, 0.2) is 17.5 Å². The van der Waals surface area contributed by atoms with Gasteiger partial charge in [0, 0.05) is 6.08 Å². The number of methoxy groups -OCH3 is 1. The molecule has 1 unspecified atom stereocenters. The zero-order valence-corrected chi connectivity index (χ0v) is 12.4. The van der Waals surface area contributed by atoms with Crippen LogP contribution in [-0.4, -0.2) is 48.5 Å². The van der Waals surface area contributed by atoms with Gasteiger partial charge >= 0.3 is 5.97 Å². The van der Waals surface area contributed by atoms with Crippen molar-refractivity contribution in [1.29, 1.82) is 0 Å². The highest BCUT2D eigenvalue weighted by molar-refractivity contribution is 5.94. The Bertz CT molecular complexity index is 555.